The van der Waals surface area contributed by atoms with Crippen molar-refractivity contribution in [3.05, 3.63) is 35.9 Å². The van der Waals surface area contributed by atoms with E-state index in [1.807, 2.05) is 44.2 Å². The summed E-state index contributed by atoms with van der Waals surface area (Å²) in [6.07, 6.45) is -0.227. The zero-order chi connectivity index (χ0) is 16.0. The molecule has 0 bridgehead atoms. The lowest BCUT2D eigenvalue weighted by Gasteiger charge is -2.26. The summed E-state index contributed by atoms with van der Waals surface area (Å²) in [5.74, 6) is -0.962. The highest BCUT2D eigenvalue weighted by atomic mass is 32.2. The molecule has 1 aromatic rings. The summed E-state index contributed by atoms with van der Waals surface area (Å²) >= 11 is 0. The summed E-state index contributed by atoms with van der Waals surface area (Å²) in [5, 5.41) is 8.63. The number of nitrogens with zero attached hydrogens (tertiary/aromatic N) is 1. The predicted octanol–water partition coefficient (Wildman–Crippen LogP) is 1.62. The molecule has 1 rings (SSSR count). The van der Waals surface area contributed by atoms with Crippen molar-refractivity contribution in [3.63, 3.8) is 0 Å². The van der Waals surface area contributed by atoms with Crippen LogP contribution in [0.3, 0.4) is 0 Å². The van der Waals surface area contributed by atoms with Crippen molar-refractivity contribution in [1.82, 2.24) is 9.03 Å². The van der Waals surface area contributed by atoms with Crippen molar-refractivity contribution in [2.24, 2.45) is 5.92 Å². The molecular weight excluding hydrogens is 292 g/mol. The van der Waals surface area contributed by atoms with E-state index in [2.05, 4.69) is 4.72 Å². The van der Waals surface area contributed by atoms with E-state index in [-0.39, 0.29) is 24.9 Å². The highest BCUT2D eigenvalue weighted by Gasteiger charge is 2.25. The molecule has 6 nitrogen and oxygen atoms in total. The highest BCUT2D eigenvalue weighted by molar-refractivity contribution is 7.87. The second-order valence-corrected chi connectivity index (χ2v) is 7.03. The van der Waals surface area contributed by atoms with Crippen LogP contribution >= 0.6 is 0 Å². The number of carbonyl (C=O) groups is 1. The van der Waals surface area contributed by atoms with Crippen LogP contribution in [0.5, 0.6) is 0 Å². The van der Waals surface area contributed by atoms with Gasteiger partial charge in [0.05, 0.1) is 12.5 Å². The van der Waals surface area contributed by atoms with E-state index in [1.54, 1.807) is 0 Å². The van der Waals surface area contributed by atoms with Crippen molar-refractivity contribution in [1.29, 1.82) is 0 Å². The smallest absolute Gasteiger partial charge is 0.304 e. The van der Waals surface area contributed by atoms with Gasteiger partial charge < -0.3 is 5.11 Å². The number of carboxylic acids is 1. The Morgan fingerprint density at radius 3 is 2.33 bits per heavy atom. The Balaban J connectivity index is 2.85. The minimum Gasteiger partial charge on any atom is -0.481 e. The molecule has 1 aromatic carbocycles. The first kappa shape index (κ1) is 17.6. The molecule has 0 saturated heterocycles. The zero-order valence-electron chi connectivity index (χ0n) is 12.5. The molecule has 0 aliphatic heterocycles. The molecule has 1 atom stereocenters. The fourth-order valence-corrected chi connectivity index (χ4v) is 3.11. The van der Waals surface area contributed by atoms with Crippen molar-refractivity contribution in [2.45, 2.75) is 26.3 Å². The standard InChI is InChI=1S/C14H22N2O4S/c1-11(2)14(12-7-5-4-6-8-12)15-21(19,20)16(3)10-9-13(17)18/h4-8,11,14-15H,9-10H2,1-3H3,(H,17,18). The van der Waals surface area contributed by atoms with Gasteiger partial charge in [-0.2, -0.15) is 17.4 Å². The first-order chi connectivity index (χ1) is 9.74. The minimum atomic E-state index is -3.73. The molecule has 0 heterocycles. The van der Waals surface area contributed by atoms with Crippen LogP contribution in [0.25, 0.3) is 0 Å². The lowest BCUT2D eigenvalue weighted by Crippen LogP contribution is -2.42. The van der Waals surface area contributed by atoms with E-state index in [0.29, 0.717) is 0 Å². The van der Waals surface area contributed by atoms with Crippen LogP contribution in [0.2, 0.25) is 0 Å². The van der Waals surface area contributed by atoms with Gasteiger partial charge in [-0.25, -0.2) is 0 Å². The second-order valence-electron chi connectivity index (χ2n) is 5.22. The van der Waals surface area contributed by atoms with Crippen LogP contribution in [0.4, 0.5) is 0 Å². The fourth-order valence-electron chi connectivity index (χ4n) is 1.87. The summed E-state index contributed by atoms with van der Waals surface area (Å²) in [7, 11) is -2.36. The van der Waals surface area contributed by atoms with Gasteiger partial charge in [-0.1, -0.05) is 44.2 Å². The van der Waals surface area contributed by atoms with E-state index in [9.17, 15) is 13.2 Å². The van der Waals surface area contributed by atoms with E-state index >= 15 is 0 Å². The number of rotatable bonds is 8. The summed E-state index contributed by atoms with van der Waals surface area (Å²) in [6, 6.07) is 8.95. The van der Waals surface area contributed by atoms with Gasteiger partial charge in [-0.3, -0.25) is 4.79 Å². The van der Waals surface area contributed by atoms with Crippen molar-refractivity contribution in [2.75, 3.05) is 13.6 Å². The average molecular weight is 314 g/mol. The van der Waals surface area contributed by atoms with Crippen LogP contribution in [0.1, 0.15) is 31.9 Å². The Kier molecular flexibility index (Phi) is 6.32. The number of aliphatic carboxylic acids is 1. The first-order valence-corrected chi connectivity index (χ1v) is 8.18. The van der Waals surface area contributed by atoms with Gasteiger partial charge in [0.2, 0.25) is 0 Å². The maximum absolute atomic E-state index is 12.3. The first-order valence-electron chi connectivity index (χ1n) is 6.74. The number of hydrogen-bond donors (Lipinski definition) is 2. The molecule has 1 unspecified atom stereocenters. The van der Waals surface area contributed by atoms with Gasteiger partial charge >= 0.3 is 5.97 Å². The monoisotopic (exact) mass is 314 g/mol. The van der Waals surface area contributed by atoms with Crippen LogP contribution in [0.15, 0.2) is 30.3 Å². The van der Waals surface area contributed by atoms with Crippen LogP contribution in [-0.2, 0) is 15.0 Å². The molecule has 2 N–H and O–H groups in total. The fraction of sp³-hybridized carbons (Fsp3) is 0.500. The molecule has 0 spiro atoms. The lowest BCUT2D eigenvalue weighted by atomic mass is 9.97. The molecule has 0 aromatic heterocycles. The molecule has 7 heteroatoms. The normalized spacial score (nSPS) is 13.6. The molecule has 0 amide bonds. The predicted molar refractivity (Wildman–Crippen MR) is 81.0 cm³/mol. The number of benzene rings is 1. The Morgan fingerprint density at radius 1 is 1.29 bits per heavy atom. The summed E-state index contributed by atoms with van der Waals surface area (Å²) in [4.78, 5) is 10.5. The quantitative estimate of drug-likeness (QED) is 0.763. The average Bonchev–Trinajstić information content (AvgIpc) is 2.42. The van der Waals surface area contributed by atoms with Gasteiger partial charge in [0, 0.05) is 13.6 Å². The third kappa shape index (κ3) is 5.45. The summed E-state index contributed by atoms with van der Waals surface area (Å²) in [5.41, 5.74) is 0.878. The maximum atomic E-state index is 12.3. The lowest BCUT2D eigenvalue weighted by molar-refractivity contribution is -0.137. The van der Waals surface area contributed by atoms with Gasteiger partial charge in [-0.15, -0.1) is 0 Å². The van der Waals surface area contributed by atoms with E-state index in [0.717, 1.165) is 9.87 Å². The molecule has 118 valence electrons. The van der Waals surface area contributed by atoms with Crippen LogP contribution < -0.4 is 4.72 Å². The number of nitrogens with one attached hydrogen (secondary N) is 1. The second kappa shape index (κ2) is 7.53. The minimum absolute atomic E-state index is 0.0649. The molecule has 0 radical (unpaired) electrons. The van der Waals surface area contributed by atoms with Gasteiger partial charge in [0.15, 0.2) is 0 Å². The summed E-state index contributed by atoms with van der Waals surface area (Å²) < 4.78 is 28.2. The Labute approximate surface area is 126 Å². The Hall–Kier alpha value is -1.44. The largest absolute Gasteiger partial charge is 0.481 e. The van der Waals surface area contributed by atoms with Gasteiger partial charge in [0.1, 0.15) is 0 Å². The molecular formula is C14H22N2O4S. The zero-order valence-corrected chi connectivity index (χ0v) is 13.3. The summed E-state index contributed by atoms with van der Waals surface area (Å²) in [6.45, 7) is 3.79. The van der Waals surface area contributed by atoms with Crippen LogP contribution in [-0.4, -0.2) is 37.4 Å². The molecule has 0 aliphatic rings. The molecule has 0 fully saturated rings. The maximum Gasteiger partial charge on any atom is 0.304 e. The van der Waals surface area contributed by atoms with Crippen LogP contribution in [0, 0.1) is 5.92 Å². The Bertz CT molecular complexity index is 558. The van der Waals surface area contributed by atoms with E-state index in [1.165, 1.54) is 7.05 Å². The van der Waals surface area contributed by atoms with E-state index in [4.69, 9.17) is 5.11 Å². The van der Waals surface area contributed by atoms with E-state index < -0.39 is 16.2 Å². The topological polar surface area (TPSA) is 86.7 Å². The third-order valence-corrected chi connectivity index (χ3v) is 4.71. The highest BCUT2D eigenvalue weighted by Crippen LogP contribution is 2.22. The van der Waals surface area contributed by atoms with Crippen molar-refractivity contribution >= 4 is 16.2 Å². The molecule has 0 saturated carbocycles. The Morgan fingerprint density at radius 2 is 1.86 bits per heavy atom. The van der Waals surface area contributed by atoms with Gasteiger partial charge in [0.25, 0.3) is 10.2 Å². The third-order valence-electron chi connectivity index (χ3n) is 3.15. The van der Waals surface area contributed by atoms with Crippen molar-refractivity contribution < 1.29 is 18.3 Å². The van der Waals surface area contributed by atoms with Crippen molar-refractivity contribution in [3.8, 4) is 0 Å². The molecule has 0 aliphatic carbocycles. The van der Waals surface area contributed by atoms with Gasteiger partial charge in [-0.05, 0) is 11.5 Å². The molecule has 21 heavy (non-hydrogen) atoms. The number of carboxylic acid groups (broad SMARTS) is 1. The number of hydrogen-bond acceptors (Lipinski definition) is 3. The SMILES string of the molecule is CC(C)C(NS(=O)(=O)N(C)CCC(=O)O)c1ccccc1.